The van der Waals surface area contributed by atoms with E-state index in [4.69, 9.17) is 28.9 Å². The molecule has 8 heteroatoms. The molecule has 2 aromatic carbocycles. The Morgan fingerprint density at radius 1 is 1.14 bits per heavy atom. The van der Waals surface area contributed by atoms with E-state index >= 15 is 0 Å². The van der Waals surface area contributed by atoms with Crippen molar-refractivity contribution in [2.75, 3.05) is 5.73 Å². The van der Waals surface area contributed by atoms with Crippen LogP contribution >= 0.6 is 39.1 Å². The first-order valence-electron chi connectivity index (χ1n) is 5.86. The van der Waals surface area contributed by atoms with Gasteiger partial charge in [0.15, 0.2) is 5.82 Å². The van der Waals surface area contributed by atoms with E-state index in [0.717, 1.165) is 10.0 Å². The van der Waals surface area contributed by atoms with E-state index in [-0.39, 0.29) is 0 Å². The Balaban J connectivity index is 2.20. The summed E-state index contributed by atoms with van der Waals surface area (Å²) in [7, 11) is 0. The Morgan fingerprint density at radius 3 is 2.71 bits per heavy atom. The Labute approximate surface area is 138 Å². The summed E-state index contributed by atoms with van der Waals surface area (Å²) in [5.74, 6) is 0.526. The molecule has 0 aliphatic heterocycles. The van der Waals surface area contributed by atoms with Crippen molar-refractivity contribution >= 4 is 44.8 Å². The van der Waals surface area contributed by atoms with Gasteiger partial charge in [0.1, 0.15) is 0 Å². The Kier molecular flexibility index (Phi) is 3.84. The molecule has 0 radical (unpaired) electrons. The van der Waals surface area contributed by atoms with Gasteiger partial charge in [-0.15, -0.1) is 5.10 Å². The first kappa shape index (κ1) is 14.3. The zero-order valence-corrected chi connectivity index (χ0v) is 13.6. The van der Waals surface area contributed by atoms with Crippen molar-refractivity contribution in [3.05, 3.63) is 50.9 Å². The van der Waals surface area contributed by atoms with E-state index in [9.17, 15) is 0 Å². The standard InChI is InChI=1S/C13H8BrCl2N5/c14-12-8(2-1-3-10(12)17)13-18-19-20-21(13)11-5-4-7(15)6-9(11)16/h1-6H,17H2. The molecule has 3 aromatic rings. The molecule has 5 nitrogen and oxygen atoms in total. The van der Waals surface area contributed by atoms with Gasteiger partial charge in [0, 0.05) is 16.3 Å². The maximum absolute atomic E-state index is 6.21. The van der Waals surface area contributed by atoms with Crippen molar-refractivity contribution < 1.29 is 0 Å². The molecule has 0 saturated heterocycles. The van der Waals surface area contributed by atoms with E-state index in [1.807, 2.05) is 12.1 Å². The van der Waals surface area contributed by atoms with Crippen molar-refractivity contribution in [1.29, 1.82) is 0 Å². The van der Waals surface area contributed by atoms with Crippen LogP contribution in [0.1, 0.15) is 0 Å². The SMILES string of the molecule is Nc1cccc(-c2nnnn2-c2ccc(Cl)cc2Cl)c1Br. The summed E-state index contributed by atoms with van der Waals surface area (Å²) >= 11 is 15.6. The number of anilines is 1. The van der Waals surface area contributed by atoms with Crippen LogP contribution in [0.25, 0.3) is 17.1 Å². The van der Waals surface area contributed by atoms with Gasteiger partial charge in [-0.25, -0.2) is 0 Å². The number of hydrogen-bond donors (Lipinski definition) is 1. The molecule has 0 aliphatic carbocycles. The van der Waals surface area contributed by atoms with Crippen LogP contribution in [-0.2, 0) is 0 Å². The Bertz CT molecular complexity index is 818. The second-order valence-electron chi connectivity index (χ2n) is 4.22. The minimum absolute atomic E-state index is 0.455. The monoisotopic (exact) mass is 383 g/mol. The molecule has 2 N–H and O–H groups in total. The highest BCUT2D eigenvalue weighted by molar-refractivity contribution is 9.10. The molecule has 0 fully saturated rings. The third-order valence-electron chi connectivity index (χ3n) is 2.88. The number of benzene rings is 2. The van der Waals surface area contributed by atoms with Crippen molar-refractivity contribution in [3.8, 4) is 17.1 Å². The second-order valence-corrected chi connectivity index (χ2v) is 5.86. The molecule has 0 bridgehead atoms. The van der Waals surface area contributed by atoms with E-state index in [1.165, 1.54) is 4.68 Å². The van der Waals surface area contributed by atoms with Gasteiger partial charge in [0.25, 0.3) is 0 Å². The van der Waals surface area contributed by atoms with Gasteiger partial charge in [0.2, 0.25) is 0 Å². The molecule has 0 amide bonds. The predicted molar refractivity (Wildman–Crippen MR) is 86.7 cm³/mol. The first-order chi connectivity index (χ1) is 10.1. The summed E-state index contributed by atoms with van der Waals surface area (Å²) < 4.78 is 2.27. The average molecular weight is 385 g/mol. The van der Waals surface area contributed by atoms with Crippen LogP contribution < -0.4 is 5.73 Å². The minimum atomic E-state index is 0.455. The van der Waals surface area contributed by atoms with Crippen LogP contribution in [-0.4, -0.2) is 20.2 Å². The average Bonchev–Trinajstić information content (AvgIpc) is 2.91. The number of aromatic nitrogens is 4. The van der Waals surface area contributed by atoms with Crippen LogP contribution in [0.4, 0.5) is 5.69 Å². The van der Waals surface area contributed by atoms with E-state index < -0.39 is 0 Å². The first-order valence-corrected chi connectivity index (χ1v) is 7.41. The molecule has 0 aliphatic rings. The quantitative estimate of drug-likeness (QED) is 0.678. The zero-order chi connectivity index (χ0) is 15.0. The molecule has 1 aromatic heterocycles. The molecule has 0 atom stereocenters. The number of rotatable bonds is 2. The van der Waals surface area contributed by atoms with Gasteiger partial charge in [-0.1, -0.05) is 29.3 Å². The van der Waals surface area contributed by atoms with Gasteiger partial charge >= 0.3 is 0 Å². The molecule has 0 saturated carbocycles. The third-order valence-corrected chi connectivity index (χ3v) is 4.30. The third kappa shape index (κ3) is 2.62. The lowest BCUT2D eigenvalue weighted by Gasteiger charge is -2.09. The molecular formula is C13H8BrCl2N5. The molecule has 0 unspecified atom stereocenters. The van der Waals surface area contributed by atoms with Crippen LogP contribution in [0.5, 0.6) is 0 Å². The van der Waals surface area contributed by atoms with Crippen LogP contribution in [0.15, 0.2) is 40.9 Å². The van der Waals surface area contributed by atoms with Crippen LogP contribution in [0.2, 0.25) is 10.0 Å². The number of halogens is 3. The highest BCUT2D eigenvalue weighted by atomic mass is 79.9. The lowest BCUT2D eigenvalue weighted by atomic mass is 10.2. The van der Waals surface area contributed by atoms with Gasteiger partial charge in [-0.3, -0.25) is 0 Å². The molecule has 1 heterocycles. The minimum Gasteiger partial charge on any atom is -0.398 e. The number of nitrogen functional groups attached to an aromatic ring is 1. The lowest BCUT2D eigenvalue weighted by Crippen LogP contribution is -2.01. The van der Waals surface area contributed by atoms with Crippen molar-refractivity contribution in [2.45, 2.75) is 0 Å². The van der Waals surface area contributed by atoms with E-state index in [2.05, 4.69) is 31.5 Å². The topological polar surface area (TPSA) is 69.6 Å². The summed E-state index contributed by atoms with van der Waals surface area (Å²) in [6, 6.07) is 10.6. The molecule has 3 rings (SSSR count). The zero-order valence-electron chi connectivity index (χ0n) is 10.5. The number of tetrazole rings is 1. The van der Waals surface area contributed by atoms with Crippen molar-refractivity contribution in [3.63, 3.8) is 0 Å². The smallest absolute Gasteiger partial charge is 0.188 e. The second kappa shape index (κ2) is 5.63. The summed E-state index contributed by atoms with van der Waals surface area (Å²) in [6.45, 7) is 0. The predicted octanol–water partition coefficient (Wildman–Crippen LogP) is 3.98. The normalized spacial score (nSPS) is 10.8. The molecular weight excluding hydrogens is 377 g/mol. The fourth-order valence-corrected chi connectivity index (χ4v) is 2.82. The fourth-order valence-electron chi connectivity index (χ4n) is 1.89. The summed E-state index contributed by atoms with van der Waals surface area (Å²) in [5, 5.41) is 12.8. The highest BCUT2D eigenvalue weighted by Gasteiger charge is 2.16. The van der Waals surface area contributed by atoms with Crippen molar-refractivity contribution in [2.24, 2.45) is 0 Å². The maximum atomic E-state index is 6.21. The highest BCUT2D eigenvalue weighted by Crippen LogP contribution is 2.33. The largest absolute Gasteiger partial charge is 0.398 e. The Morgan fingerprint density at radius 2 is 1.95 bits per heavy atom. The summed E-state index contributed by atoms with van der Waals surface area (Å²) in [5.41, 5.74) is 7.90. The number of hydrogen-bond acceptors (Lipinski definition) is 4. The van der Waals surface area contributed by atoms with Crippen LogP contribution in [0.3, 0.4) is 0 Å². The van der Waals surface area contributed by atoms with Crippen LogP contribution in [0, 0.1) is 0 Å². The van der Waals surface area contributed by atoms with Gasteiger partial charge in [-0.2, -0.15) is 4.68 Å². The molecule has 0 spiro atoms. The number of nitrogens with two attached hydrogens (primary N) is 1. The Hall–Kier alpha value is -1.63. The van der Waals surface area contributed by atoms with Gasteiger partial charge in [0.05, 0.1) is 15.2 Å². The molecule has 106 valence electrons. The van der Waals surface area contributed by atoms with Gasteiger partial charge in [-0.05, 0) is 56.7 Å². The van der Waals surface area contributed by atoms with Gasteiger partial charge < -0.3 is 5.73 Å². The summed E-state index contributed by atoms with van der Waals surface area (Å²) in [4.78, 5) is 0. The maximum Gasteiger partial charge on any atom is 0.188 e. The molecule has 21 heavy (non-hydrogen) atoms. The van der Waals surface area contributed by atoms with E-state index in [1.54, 1.807) is 24.3 Å². The number of nitrogens with zero attached hydrogens (tertiary/aromatic N) is 4. The lowest BCUT2D eigenvalue weighted by molar-refractivity contribution is 0.791. The summed E-state index contributed by atoms with van der Waals surface area (Å²) in [6.07, 6.45) is 0. The van der Waals surface area contributed by atoms with E-state index in [0.29, 0.717) is 27.2 Å². The van der Waals surface area contributed by atoms with Crippen molar-refractivity contribution in [1.82, 2.24) is 20.2 Å². The fraction of sp³-hybridized carbons (Fsp3) is 0.